The van der Waals surface area contributed by atoms with Crippen LogP contribution in [0.3, 0.4) is 0 Å². The lowest BCUT2D eigenvalue weighted by Gasteiger charge is -2.18. The summed E-state index contributed by atoms with van der Waals surface area (Å²) in [5.41, 5.74) is 0.915. The van der Waals surface area contributed by atoms with E-state index >= 15 is 0 Å². The molecule has 3 rings (SSSR count). The average Bonchev–Trinajstić information content (AvgIpc) is 2.62. The summed E-state index contributed by atoms with van der Waals surface area (Å²) < 4.78 is 16.0. The van der Waals surface area contributed by atoms with Crippen molar-refractivity contribution in [2.24, 2.45) is 0 Å². The lowest BCUT2D eigenvalue weighted by Crippen LogP contribution is -2.25. The Labute approximate surface area is 149 Å². The van der Waals surface area contributed by atoms with Gasteiger partial charge in [-0.25, -0.2) is 4.79 Å². The number of carbonyl (C=O) groups excluding carboxylic acids is 2. The lowest BCUT2D eigenvalue weighted by atomic mass is 10.1. The molecular weight excluding hydrogens is 346 g/mol. The molecule has 0 bridgehead atoms. The second kappa shape index (κ2) is 7.90. The van der Waals surface area contributed by atoms with Gasteiger partial charge in [-0.1, -0.05) is 11.6 Å². The molecule has 0 radical (unpaired) electrons. The molecule has 2 aromatic carbocycles. The molecule has 0 saturated heterocycles. The highest BCUT2D eigenvalue weighted by Crippen LogP contribution is 2.28. The Bertz CT molecular complexity index is 776. The molecule has 1 heterocycles. The van der Waals surface area contributed by atoms with Gasteiger partial charge in [0.2, 0.25) is 0 Å². The number of fused-ring (bicyclic) bond motifs is 1. The number of ether oxygens (including phenoxy) is 3. The van der Waals surface area contributed by atoms with Crippen LogP contribution in [0.2, 0.25) is 5.02 Å². The van der Waals surface area contributed by atoms with Crippen LogP contribution in [0.5, 0.6) is 11.5 Å². The minimum absolute atomic E-state index is 0.0620. The molecule has 130 valence electrons. The zero-order valence-corrected chi connectivity index (χ0v) is 14.0. The number of amides is 1. The summed E-state index contributed by atoms with van der Waals surface area (Å²) in [6.07, 6.45) is 0.561. The fourth-order valence-electron chi connectivity index (χ4n) is 2.23. The quantitative estimate of drug-likeness (QED) is 0.631. The first-order valence-corrected chi connectivity index (χ1v) is 8.12. The van der Waals surface area contributed by atoms with E-state index in [1.165, 1.54) is 0 Å². The Morgan fingerprint density at radius 2 is 1.96 bits per heavy atom. The van der Waals surface area contributed by atoms with E-state index in [0.29, 0.717) is 40.8 Å². The number of esters is 1. The lowest BCUT2D eigenvalue weighted by molar-refractivity contribution is -0.118. The highest BCUT2D eigenvalue weighted by molar-refractivity contribution is 6.30. The van der Waals surface area contributed by atoms with Gasteiger partial charge in [0, 0.05) is 11.4 Å². The first-order chi connectivity index (χ1) is 12.1. The molecule has 0 saturated carbocycles. The van der Waals surface area contributed by atoms with Crippen molar-refractivity contribution in [1.29, 1.82) is 0 Å². The van der Waals surface area contributed by atoms with Gasteiger partial charge in [0.15, 0.2) is 6.61 Å². The molecule has 0 unspecified atom stereocenters. The second-order valence-electron chi connectivity index (χ2n) is 5.34. The molecule has 0 aliphatic carbocycles. The Balaban J connectivity index is 1.43. The van der Waals surface area contributed by atoms with Crippen molar-refractivity contribution in [2.45, 2.75) is 6.42 Å². The van der Waals surface area contributed by atoms with E-state index in [-0.39, 0.29) is 19.1 Å². The van der Waals surface area contributed by atoms with Crippen LogP contribution < -0.4 is 14.8 Å². The van der Waals surface area contributed by atoms with E-state index in [4.69, 9.17) is 25.8 Å². The van der Waals surface area contributed by atoms with Gasteiger partial charge in [-0.3, -0.25) is 4.79 Å². The fraction of sp³-hybridized carbons (Fsp3) is 0.222. The number of benzene rings is 2. The number of rotatable bonds is 6. The molecule has 6 nitrogen and oxygen atoms in total. The van der Waals surface area contributed by atoms with Crippen LogP contribution in [0, 0.1) is 0 Å². The Morgan fingerprint density at radius 1 is 1.16 bits per heavy atom. The Morgan fingerprint density at radius 3 is 2.76 bits per heavy atom. The highest BCUT2D eigenvalue weighted by atomic mass is 35.5. The zero-order valence-electron chi connectivity index (χ0n) is 13.3. The number of carbonyl (C=O) groups is 2. The summed E-state index contributed by atoms with van der Waals surface area (Å²) in [5, 5.41) is 3.31. The average molecular weight is 362 g/mol. The highest BCUT2D eigenvalue weighted by Gasteiger charge is 2.18. The SMILES string of the molecule is O=C1COc2cc(C(=O)OCCCOc3ccc(Cl)cc3)ccc2N1. The molecule has 0 fully saturated rings. The number of halogens is 1. The third-order valence-electron chi connectivity index (χ3n) is 3.45. The second-order valence-corrected chi connectivity index (χ2v) is 5.78. The van der Waals surface area contributed by atoms with Crippen molar-refractivity contribution in [3.63, 3.8) is 0 Å². The van der Waals surface area contributed by atoms with Gasteiger partial charge < -0.3 is 19.5 Å². The smallest absolute Gasteiger partial charge is 0.338 e. The maximum Gasteiger partial charge on any atom is 0.338 e. The summed E-state index contributed by atoms with van der Waals surface area (Å²) in [7, 11) is 0. The molecule has 2 aromatic rings. The summed E-state index contributed by atoms with van der Waals surface area (Å²) in [4.78, 5) is 23.3. The maximum absolute atomic E-state index is 12.0. The zero-order chi connectivity index (χ0) is 17.6. The third-order valence-corrected chi connectivity index (χ3v) is 3.71. The van der Waals surface area contributed by atoms with E-state index in [2.05, 4.69) is 5.32 Å². The minimum atomic E-state index is -0.449. The monoisotopic (exact) mass is 361 g/mol. The summed E-state index contributed by atoms with van der Waals surface area (Å²) in [5.74, 6) is 0.503. The van der Waals surface area contributed by atoms with Gasteiger partial charge in [0.25, 0.3) is 5.91 Å². The van der Waals surface area contributed by atoms with Crippen LogP contribution >= 0.6 is 11.6 Å². The van der Waals surface area contributed by atoms with Crippen LogP contribution in [0.4, 0.5) is 5.69 Å². The topological polar surface area (TPSA) is 73.9 Å². The molecule has 1 amide bonds. The first kappa shape index (κ1) is 17.1. The largest absolute Gasteiger partial charge is 0.493 e. The van der Waals surface area contributed by atoms with E-state index in [1.54, 1.807) is 42.5 Å². The molecule has 1 N–H and O–H groups in total. The van der Waals surface area contributed by atoms with Crippen LogP contribution in [-0.2, 0) is 9.53 Å². The number of hydrogen-bond donors (Lipinski definition) is 1. The number of hydrogen-bond acceptors (Lipinski definition) is 5. The van der Waals surface area contributed by atoms with E-state index in [1.807, 2.05) is 0 Å². The van der Waals surface area contributed by atoms with Crippen molar-refractivity contribution in [3.05, 3.63) is 53.1 Å². The van der Waals surface area contributed by atoms with Gasteiger partial charge in [0.1, 0.15) is 11.5 Å². The first-order valence-electron chi connectivity index (χ1n) is 7.74. The standard InChI is InChI=1S/C18H16ClNO5/c19-13-3-5-14(6-4-13)23-8-1-9-24-18(22)12-2-7-15-16(10-12)25-11-17(21)20-15/h2-7,10H,1,8-9,11H2,(H,20,21). The van der Waals surface area contributed by atoms with Gasteiger partial charge in [-0.15, -0.1) is 0 Å². The molecule has 0 spiro atoms. The molecule has 25 heavy (non-hydrogen) atoms. The summed E-state index contributed by atoms with van der Waals surface area (Å²) in [6.45, 7) is 0.600. The van der Waals surface area contributed by atoms with Crippen LogP contribution in [-0.4, -0.2) is 31.7 Å². The number of anilines is 1. The Hall–Kier alpha value is -2.73. The minimum Gasteiger partial charge on any atom is -0.493 e. The fourth-order valence-corrected chi connectivity index (χ4v) is 2.36. The van der Waals surface area contributed by atoms with Crippen molar-refractivity contribution < 1.29 is 23.8 Å². The maximum atomic E-state index is 12.0. The molecule has 0 atom stereocenters. The van der Waals surface area contributed by atoms with Crippen LogP contribution in [0.15, 0.2) is 42.5 Å². The van der Waals surface area contributed by atoms with Crippen LogP contribution in [0.1, 0.15) is 16.8 Å². The predicted octanol–water partition coefficient (Wildman–Crippen LogP) is 3.30. The van der Waals surface area contributed by atoms with E-state index < -0.39 is 5.97 Å². The van der Waals surface area contributed by atoms with E-state index in [9.17, 15) is 9.59 Å². The van der Waals surface area contributed by atoms with Gasteiger partial charge >= 0.3 is 5.97 Å². The molecule has 7 heteroatoms. The van der Waals surface area contributed by atoms with Crippen LogP contribution in [0.25, 0.3) is 0 Å². The number of nitrogens with one attached hydrogen (secondary N) is 1. The molecule has 0 aromatic heterocycles. The molecule has 1 aliphatic rings. The van der Waals surface area contributed by atoms with Crippen molar-refractivity contribution in [2.75, 3.05) is 25.1 Å². The van der Waals surface area contributed by atoms with Crippen molar-refractivity contribution in [3.8, 4) is 11.5 Å². The van der Waals surface area contributed by atoms with Crippen molar-refractivity contribution in [1.82, 2.24) is 0 Å². The van der Waals surface area contributed by atoms with Crippen molar-refractivity contribution >= 4 is 29.2 Å². The normalized spacial score (nSPS) is 12.6. The van der Waals surface area contributed by atoms with Gasteiger partial charge in [-0.05, 0) is 42.5 Å². The van der Waals surface area contributed by atoms with E-state index in [0.717, 1.165) is 0 Å². The molecular formula is C18H16ClNO5. The van der Waals surface area contributed by atoms with Gasteiger partial charge in [-0.2, -0.15) is 0 Å². The Kier molecular flexibility index (Phi) is 5.40. The summed E-state index contributed by atoms with van der Waals surface area (Å²) >= 11 is 5.80. The summed E-state index contributed by atoms with van der Waals surface area (Å²) in [6, 6.07) is 11.8. The predicted molar refractivity (Wildman–Crippen MR) is 92.4 cm³/mol. The van der Waals surface area contributed by atoms with Gasteiger partial charge in [0.05, 0.1) is 24.5 Å². The third kappa shape index (κ3) is 4.64. The molecule has 1 aliphatic heterocycles.